The standard InChI is InChI=1S/C7H13NO3S2/c1-4(2-12)6(9)8-5(3-13)7(10)11/h4-5,12-13H,2-3H2,1H3,(H,8,9)(H,10,11)/t4?,5-/m0/s1. The average Bonchev–Trinajstić information content (AvgIpc) is 2.11. The van der Waals surface area contributed by atoms with Crippen molar-refractivity contribution in [2.45, 2.75) is 13.0 Å². The first kappa shape index (κ1) is 12.6. The minimum atomic E-state index is -1.07. The second-order valence-electron chi connectivity index (χ2n) is 2.67. The Morgan fingerprint density at radius 1 is 1.38 bits per heavy atom. The fourth-order valence-corrected chi connectivity index (χ4v) is 0.996. The molecule has 0 aromatic heterocycles. The summed E-state index contributed by atoms with van der Waals surface area (Å²) in [7, 11) is 0. The molecule has 0 radical (unpaired) electrons. The molecule has 0 saturated carbocycles. The Morgan fingerprint density at radius 2 is 1.92 bits per heavy atom. The highest BCUT2D eigenvalue weighted by Gasteiger charge is 2.20. The molecule has 0 fully saturated rings. The zero-order chi connectivity index (χ0) is 10.4. The lowest BCUT2D eigenvalue weighted by Gasteiger charge is -2.14. The second-order valence-corrected chi connectivity index (χ2v) is 3.40. The van der Waals surface area contributed by atoms with Crippen molar-refractivity contribution in [2.24, 2.45) is 5.92 Å². The number of carboxylic acids is 1. The Morgan fingerprint density at radius 3 is 2.23 bits per heavy atom. The first-order valence-corrected chi connectivity index (χ1v) is 5.04. The summed E-state index contributed by atoms with van der Waals surface area (Å²) in [5.41, 5.74) is 0. The predicted octanol–water partition coefficient (Wildman–Crippen LogP) is 0.0515. The van der Waals surface area contributed by atoms with E-state index in [0.29, 0.717) is 5.75 Å². The Hall–Kier alpha value is -0.360. The van der Waals surface area contributed by atoms with E-state index >= 15 is 0 Å². The largest absolute Gasteiger partial charge is 0.480 e. The van der Waals surface area contributed by atoms with Gasteiger partial charge in [0.1, 0.15) is 6.04 Å². The van der Waals surface area contributed by atoms with Gasteiger partial charge in [-0.05, 0) is 0 Å². The number of aliphatic carboxylic acids is 1. The zero-order valence-corrected chi connectivity index (χ0v) is 9.02. The maximum atomic E-state index is 11.2. The van der Waals surface area contributed by atoms with Crippen molar-refractivity contribution in [1.82, 2.24) is 5.32 Å². The summed E-state index contributed by atoms with van der Waals surface area (Å²) >= 11 is 7.74. The normalized spacial score (nSPS) is 14.7. The van der Waals surface area contributed by atoms with Crippen LogP contribution in [0.15, 0.2) is 0 Å². The first-order chi connectivity index (χ1) is 6.02. The molecule has 0 aliphatic carbocycles. The smallest absolute Gasteiger partial charge is 0.327 e. The summed E-state index contributed by atoms with van der Waals surface area (Å²) < 4.78 is 0. The van der Waals surface area contributed by atoms with Crippen molar-refractivity contribution in [1.29, 1.82) is 0 Å². The van der Waals surface area contributed by atoms with Crippen LogP contribution >= 0.6 is 25.3 Å². The number of rotatable bonds is 5. The number of thiol groups is 2. The number of carbonyl (C=O) groups is 2. The molecule has 2 atom stereocenters. The highest BCUT2D eigenvalue weighted by molar-refractivity contribution is 7.80. The van der Waals surface area contributed by atoms with E-state index in [4.69, 9.17) is 5.11 Å². The zero-order valence-electron chi connectivity index (χ0n) is 7.23. The van der Waals surface area contributed by atoms with Gasteiger partial charge in [-0.3, -0.25) is 4.79 Å². The van der Waals surface area contributed by atoms with Crippen molar-refractivity contribution in [3.63, 3.8) is 0 Å². The summed E-state index contributed by atoms with van der Waals surface area (Å²) in [6.07, 6.45) is 0. The minimum Gasteiger partial charge on any atom is -0.480 e. The molecule has 1 amide bonds. The Balaban J connectivity index is 4.09. The molecule has 4 nitrogen and oxygen atoms in total. The highest BCUT2D eigenvalue weighted by atomic mass is 32.1. The summed E-state index contributed by atoms with van der Waals surface area (Å²) in [6.45, 7) is 1.68. The molecule has 0 heterocycles. The molecule has 0 spiro atoms. The molecule has 0 aromatic carbocycles. The quantitative estimate of drug-likeness (QED) is 0.498. The molecule has 76 valence electrons. The molecule has 13 heavy (non-hydrogen) atoms. The van der Waals surface area contributed by atoms with Gasteiger partial charge in [0.15, 0.2) is 0 Å². The summed E-state index contributed by atoms with van der Waals surface area (Å²) in [5, 5.41) is 10.9. The van der Waals surface area contributed by atoms with Crippen LogP contribution in [0.1, 0.15) is 6.92 Å². The van der Waals surface area contributed by atoms with E-state index in [1.807, 2.05) is 0 Å². The van der Waals surface area contributed by atoms with Gasteiger partial charge in [0.25, 0.3) is 0 Å². The van der Waals surface area contributed by atoms with Gasteiger partial charge in [-0.25, -0.2) is 4.79 Å². The van der Waals surface area contributed by atoms with Gasteiger partial charge in [0.2, 0.25) is 5.91 Å². The van der Waals surface area contributed by atoms with Crippen molar-refractivity contribution in [3.05, 3.63) is 0 Å². The third-order valence-electron chi connectivity index (χ3n) is 1.52. The Labute approximate surface area is 87.9 Å². The number of hydrogen-bond donors (Lipinski definition) is 4. The van der Waals surface area contributed by atoms with Crippen LogP contribution in [-0.4, -0.2) is 34.5 Å². The van der Waals surface area contributed by atoms with Crippen molar-refractivity contribution < 1.29 is 14.7 Å². The molecule has 2 N–H and O–H groups in total. The lowest BCUT2D eigenvalue weighted by atomic mass is 10.2. The lowest BCUT2D eigenvalue weighted by Crippen LogP contribution is -2.44. The molecule has 0 saturated heterocycles. The van der Waals surface area contributed by atoms with E-state index in [1.165, 1.54) is 0 Å². The number of carboxylic acid groups (broad SMARTS) is 1. The molecular formula is C7H13NO3S2. The molecule has 0 aromatic rings. The van der Waals surface area contributed by atoms with Gasteiger partial charge in [-0.15, -0.1) is 0 Å². The first-order valence-electron chi connectivity index (χ1n) is 3.77. The second kappa shape index (κ2) is 6.15. The van der Waals surface area contributed by atoms with E-state index < -0.39 is 12.0 Å². The van der Waals surface area contributed by atoms with Crippen LogP contribution in [0.2, 0.25) is 0 Å². The van der Waals surface area contributed by atoms with Gasteiger partial charge in [-0.2, -0.15) is 25.3 Å². The number of hydrogen-bond acceptors (Lipinski definition) is 4. The lowest BCUT2D eigenvalue weighted by molar-refractivity contribution is -0.141. The summed E-state index contributed by atoms with van der Waals surface area (Å²) in [5.74, 6) is -1.19. The number of amides is 1. The van der Waals surface area contributed by atoms with E-state index in [9.17, 15) is 9.59 Å². The Bertz CT molecular complexity index is 198. The predicted molar refractivity (Wildman–Crippen MR) is 56.4 cm³/mol. The average molecular weight is 223 g/mol. The molecule has 0 bridgehead atoms. The third-order valence-corrected chi connectivity index (χ3v) is 2.43. The summed E-state index contributed by atoms with van der Waals surface area (Å²) in [6, 6.07) is -0.918. The van der Waals surface area contributed by atoms with E-state index in [0.717, 1.165) is 0 Å². The minimum absolute atomic E-state index is 0.0837. The molecule has 1 unspecified atom stereocenters. The monoisotopic (exact) mass is 223 g/mol. The molecule has 0 aliphatic heterocycles. The molecular weight excluding hydrogens is 210 g/mol. The summed E-state index contributed by atoms with van der Waals surface area (Å²) in [4.78, 5) is 21.7. The van der Waals surface area contributed by atoms with Crippen LogP contribution in [0, 0.1) is 5.92 Å². The molecule has 0 rings (SSSR count). The Kier molecular flexibility index (Phi) is 5.98. The molecule has 0 aliphatic rings. The van der Waals surface area contributed by atoms with Crippen molar-refractivity contribution in [3.8, 4) is 0 Å². The van der Waals surface area contributed by atoms with Crippen molar-refractivity contribution in [2.75, 3.05) is 11.5 Å². The highest BCUT2D eigenvalue weighted by Crippen LogP contribution is 1.99. The topological polar surface area (TPSA) is 66.4 Å². The van der Waals surface area contributed by atoms with Gasteiger partial charge in [-0.1, -0.05) is 6.92 Å². The number of carbonyl (C=O) groups excluding carboxylic acids is 1. The van der Waals surface area contributed by atoms with Gasteiger partial charge in [0.05, 0.1) is 0 Å². The van der Waals surface area contributed by atoms with Gasteiger partial charge < -0.3 is 10.4 Å². The van der Waals surface area contributed by atoms with Crippen LogP contribution in [0.25, 0.3) is 0 Å². The third kappa shape index (κ3) is 4.42. The number of nitrogens with one attached hydrogen (secondary N) is 1. The van der Waals surface area contributed by atoms with Crippen LogP contribution in [0.4, 0.5) is 0 Å². The van der Waals surface area contributed by atoms with Crippen LogP contribution in [0.3, 0.4) is 0 Å². The van der Waals surface area contributed by atoms with E-state index in [-0.39, 0.29) is 17.6 Å². The molecule has 6 heteroatoms. The van der Waals surface area contributed by atoms with Crippen molar-refractivity contribution >= 4 is 37.1 Å². The van der Waals surface area contributed by atoms with E-state index in [1.54, 1.807) is 6.92 Å². The SMILES string of the molecule is CC(CS)C(=O)N[C@@H](CS)C(=O)O. The van der Waals surface area contributed by atoms with Gasteiger partial charge in [0, 0.05) is 17.4 Å². The van der Waals surface area contributed by atoms with Gasteiger partial charge >= 0.3 is 5.97 Å². The fraction of sp³-hybridized carbons (Fsp3) is 0.714. The van der Waals surface area contributed by atoms with Crippen LogP contribution < -0.4 is 5.32 Å². The maximum absolute atomic E-state index is 11.2. The maximum Gasteiger partial charge on any atom is 0.327 e. The fourth-order valence-electron chi connectivity index (χ4n) is 0.582. The van der Waals surface area contributed by atoms with Crippen LogP contribution in [-0.2, 0) is 9.59 Å². The van der Waals surface area contributed by atoms with Crippen LogP contribution in [0.5, 0.6) is 0 Å². The van der Waals surface area contributed by atoms with E-state index in [2.05, 4.69) is 30.6 Å².